The Hall–Kier alpha value is -3.01. The van der Waals surface area contributed by atoms with E-state index >= 15 is 0 Å². The number of nitrogens with zero attached hydrogens (tertiary/aromatic N) is 2. The molecule has 1 fully saturated rings. The van der Waals surface area contributed by atoms with Gasteiger partial charge in [-0.3, -0.25) is 19.3 Å². The van der Waals surface area contributed by atoms with Crippen molar-refractivity contribution in [3.05, 3.63) is 71.3 Å². The summed E-state index contributed by atoms with van der Waals surface area (Å²) in [7, 11) is -0.792. The number of piperidine rings is 1. The molecular formula is C34H47ClN2O6S. The summed E-state index contributed by atoms with van der Waals surface area (Å²) in [5.41, 5.74) is 1.42. The minimum Gasteiger partial charge on any atom is -0.489 e. The third-order valence-electron chi connectivity index (χ3n) is 7.03. The fourth-order valence-corrected chi connectivity index (χ4v) is 5.85. The number of ether oxygens (including phenoxy) is 3. The van der Waals surface area contributed by atoms with Crippen molar-refractivity contribution in [2.24, 2.45) is 5.92 Å². The van der Waals surface area contributed by atoms with Gasteiger partial charge < -0.3 is 19.1 Å². The molecule has 2 amide bonds. The molecule has 1 saturated heterocycles. The van der Waals surface area contributed by atoms with Crippen molar-refractivity contribution in [3.63, 3.8) is 0 Å². The van der Waals surface area contributed by atoms with Gasteiger partial charge in [0.1, 0.15) is 31.2 Å². The van der Waals surface area contributed by atoms with Gasteiger partial charge in [0.25, 0.3) is 0 Å². The van der Waals surface area contributed by atoms with Crippen molar-refractivity contribution in [2.75, 3.05) is 55.9 Å². The molecule has 0 spiro atoms. The molecule has 10 heteroatoms. The Bertz CT molecular complexity index is 1340. The van der Waals surface area contributed by atoms with Crippen molar-refractivity contribution in [3.8, 4) is 5.75 Å². The molecule has 44 heavy (non-hydrogen) atoms. The van der Waals surface area contributed by atoms with Crippen molar-refractivity contribution < 1.29 is 28.6 Å². The van der Waals surface area contributed by atoms with Gasteiger partial charge in [0.2, 0.25) is 11.8 Å². The van der Waals surface area contributed by atoms with Gasteiger partial charge in [0, 0.05) is 28.4 Å². The summed E-state index contributed by atoms with van der Waals surface area (Å²) in [6, 6.07) is 11.9. The van der Waals surface area contributed by atoms with Crippen LogP contribution in [0.1, 0.15) is 50.8 Å². The predicted octanol–water partition coefficient (Wildman–Crippen LogP) is 6.54. The zero-order valence-electron chi connectivity index (χ0n) is 27.1. The second-order valence-corrected chi connectivity index (χ2v) is 17.9. The Morgan fingerprint density at radius 2 is 1.89 bits per heavy atom. The molecule has 8 nitrogen and oxygen atoms in total. The van der Waals surface area contributed by atoms with Gasteiger partial charge in [-0.25, -0.2) is 10.0 Å². The molecule has 1 aliphatic heterocycles. The fraction of sp³-hybridized carbons (Fsp3) is 0.500. The summed E-state index contributed by atoms with van der Waals surface area (Å²) in [4.78, 5) is 44.4. The molecule has 0 aromatic heterocycles. The van der Waals surface area contributed by atoms with Crippen molar-refractivity contribution >= 4 is 45.1 Å². The van der Waals surface area contributed by atoms with Crippen molar-refractivity contribution in [1.82, 2.24) is 4.90 Å². The van der Waals surface area contributed by atoms with Gasteiger partial charge >= 0.3 is 5.97 Å². The molecule has 1 aliphatic rings. The second kappa shape index (κ2) is 15.3. The van der Waals surface area contributed by atoms with Crippen molar-refractivity contribution in [2.45, 2.75) is 52.2 Å². The first-order chi connectivity index (χ1) is 20.6. The quantitative estimate of drug-likeness (QED) is 0.106. The third-order valence-corrected chi connectivity index (χ3v) is 8.66. The Balaban J connectivity index is 2.10. The Morgan fingerprint density at radius 1 is 1.16 bits per heavy atom. The summed E-state index contributed by atoms with van der Waals surface area (Å²) in [6.07, 6.45) is 8.66. The van der Waals surface area contributed by atoms with Crippen LogP contribution in [0.5, 0.6) is 5.75 Å². The standard InChI is InChI=1S/C34H47ClN2O6S/c1-9-17-42-29-15-13-24(2)20-28(29)32-27(14-16-30(38)36(32)22-31(39)43-34(3,4)5)33(40)37(23-41-18-19-44(6,7)8)26-12-10-11-25(35)21-26/h9-13,15,20-21,27,32H,1,14,16-19,22-23H2,2-8H3/t27?,32-/m0/s1. The molecule has 0 saturated carbocycles. The smallest absolute Gasteiger partial charge is 0.326 e. The summed E-state index contributed by atoms with van der Waals surface area (Å²) in [6.45, 7) is 11.5. The van der Waals surface area contributed by atoms with Gasteiger partial charge in [-0.05, 0) is 77.1 Å². The van der Waals surface area contributed by atoms with Gasteiger partial charge in [-0.1, -0.05) is 48.0 Å². The van der Waals surface area contributed by atoms with Gasteiger partial charge in [-0.15, -0.1) is 0 Å². The highest BCUT2D eigenvalue weighted by Gasteiger charge is 2.45. The number of halogens is 1. The Kier molecular flexibility index (Phi) is 12.4. The molecule has 0 aliphatic carbocycles. The SMILES string of the molecule is C=CCOc1ccc(C)cc1[C@@H]1C(C(=O)N(COCCS(C)(C)C)c2cccc(Cl)c2)CCC(=O)N1CC(=O)OC(C)(C)C. The predicted molar refractivity (Wildman–Crippen MR) is 180 cm³/mol. The van der Waals surface area contributed by atoms with E-state index in [-0.39, 0.29) is 44.5 Å². The van der Waals surface area contributed by atoms with E-state index in [1.54, 1.807) is 49.9 Å². The Morgan fingerprint density at radius 3 is 2.52 bits per heavy atom. The lowest BCUT2D eigenvalue weighted by Gasteiger charge is -2.42. The number of hydrogen-bond donors (Lipinski definition) is 0. The summed E-state index contributed by atoms with van der Waals surface area (Å²) < 4.78 is 17.7. The number of carbonyl (C=O) groups is 3. The summed E-state index contributed by atoms with van der Waals surface area (Å²) in [5, 5.41) is 0.486. The number of benzene rings is 2. The monoisotopic (exact) mass is 646 g/mol. The van der Waals surface area contributed by atoms with Crippen LogP contribution in [0.2, 0.25) is 5.02 Å². The number of rotatable bonds is 13. The van der Waals surface area contributed by atoms with E-state index in [9.17, 15) is 14.4 Å². The number of hydrogen-bond acceptors (Lipinski definition) is 6. The maximum absolute atomic E-state index is 14.7. The average Bonchev–Trinajstić information content (AvgIpc) is 2.91. The second-order valence-electron chi connectivity index (χ2n) is 12.9. The van der Waals surface area contributed by atoms with Crippen LogP contribution < -0.4 is 9.64 Å². The minimum atomic E-state index is -0.795. The minimum absolute atomic E-state index is 0.0194. The summed E-state index contributed by atoms with van der Waals surface area (Å²) >= 11 is 6.36. The Labute approximate surface area is 269 Å². The van der Waals surface area contributed by atoms with Crippen LogP contribution in [0.3, 0.4) is 0 Å². The highest BCUT2D eigenvalue weighted by Crippen LogP contribution is 2.43. The molecular weight excluding hydrogens is 600 g/mol. The zero-order chi connectivity index (χ0) is 32.7. The normalized spacial score (nSPS) is 17.6. The van der Waals surface area contributed by atoms with Crippen LogP contribution in [0, 0.1) is 12.8 Å². The molecule has 2 atom stereocenters. The molecule has 242 valence electrons. The molecule has 0 bridgehead atoms. The highest BCUT2D eigenvalue weighted by molar-refractivity contribution is 8.32. The van der Waals surface area contributed by atoms with Crippen LogP contribution in [-0.2, 0) is 23.9 Å². The number of esters is 1. The lowest BCUT2D eigenvalue weighted by Crippen LogP contribution is -2.51. The van der Waals surface area contributed by atoms with E-state index < -0.39 is 33.6 Å². The van der Waals surface area contributed by atoms with Gasteiger partial charge in [0.05, 0.1) is 18.6 Å². The number of amides is 2. The first kappa shape index (κ1) is 35.5. The topological polar surface area (TPSA) is 85.4 Å². The zero-order valence-corrected chi connectivity index (χ0v) is 28.6. The third kappa shape index (κ3) is 10.3. The summed E-state index contributed by atoms with van der Waals surface area (Å²) in [5.74, 6) is -0.329. The van der Waals surface area contributed by atoms with E-state index in [4.69, 9.17) is 25.8 Å². The average molecular weight is 647 g/mol. The largest absolute Gasteiger partial charge is 0.489 e. The van der Waals surface area contributed by atoms with Crippen LogP contribution in [0.4, 0.5) is 5.69 Å². The maximum Gasteiger partial charge on any atom is 0.326 e. The fourth-order valence-electron chi connectivity index (χ4n) is 5.05. The molecule has 2 aromatic rings. The first-order valence-electron chi connectivity index (χ1n) is 14.8. The molecule has 3 rings (SSSR count). The molecule has 1 heterocycles. The van der Waals surface area contributed by atoms with E-state index in [0.717, 1.165) is 11.3 Å². The number of anilines is 1. The van der Waals surface area contributed by atoms with E-state index in [1.807, 2.05) is 31.2 Å². The van der Waals surface area contributed by atoms with Gasteiger partial charge in [-0.2, -0.15) is 0 Å². The highest BCUT2D eigenvalue weighted by atomic mass is 35.5. The number of likely N-dealkylation sites (tertiary alicyclic amines) is 1. The van der Waals surface area contributed by atoms with E-state index in [1.165, 1.54) is 4.90 Å². The molecule has 1 unspecified atom stereocenters. The van der Waals surface area contributed by atoms with E-state index in [0.29, 0.717) is 28.6 Å². The lowest BCUT2D eigenvalue weighted by molar-refractivity contribution is -0.163. The molecule has 0 N–H and O–H groups in total. The molecule has 2 aromatic carbocycles. The van der Waals surface area contributed by atoms with Crippen LogP contribution in [0.25, 0.3) is 0 Å². The van der Waals surface area contributed by atoms with Gasteiger partial charge in [0.15, 0.2) is 0 Å². The first-order valence-corrected chi connectivity index (χ1v) is 18.2. The number of carbonyl (C=O) groups excluding carboxylic acids is 3. The lowest BCUT2D eigenvalue weighted by atomic mass is 9.82. The van der Waals surface area contributed by atoms with Crippen molar-refractivity contribution in [1.29, 1.82) is 0 Å². The number of aryl methyl sites for hydroxylation is 1. The van der Waals surface area contributed by atoms with Crippen LogP contribution >= 0.6 is 21.6 Å². The van der Waals surface area contributed by atoms with Crippen LogP contribution in [-0.4, -0.2) is 79.3 Å². The maximum atomic E-state index is 14.7. The molecule has 0 radical (unpaired) electrons. The van der Waals surface area contributed by atoms with Crippen LogP contribution in [0.15, 0.2) is 55.1 Å². The van der Waals surface area contributed by atoms with E-state index in [2.05, 4.69) is 25.3 Å².